The van der Waals surface area contributed by atoms with Crippen molar-refractivity contribution in [2.75, 3.05) is 19.7 Å². The molecule has 0 heterocycles. The Balaban J connectivity index is 1.70. The van der Waals surface area contributed by atoms with Crippen molar-refractivity contribution in [3.63, 3.8) is 0 Å². The number of hydrogen-bond acceptors (Lipinski definition) is 3. The molecule has 2 rings (SSSR count). The van der Waals surface area contributed by atoms with Gasteiger partial charge in [-0.2, -0.15) is 0 Å². The number of nitrogens with one attached hydrogen (secondary N) is 1. The van der Waals surface area contributed by atoms with Crippen LogP contribution in [0.3, 0.4) is 0 Å². The number of aliphatic hydroxyl groups excluding tert-OH is 1. The van der Waals surface area contributed by atoms with Gasteiger partial charge in [0.1, 0.15) is 0 Å². The van der Waals surface area contributed by atoms with E-state index in [0.717, 1.165) is 24.3 Å². The second kappa shape index (κ2) is 4.60. The van der Waals surface area contributed by atoms with Crippen LogP contribution in [0.1, 0.15) is 25.7 Å². The summed E-state index contributed by atoms with van der Waals surface area (Å²) in [6.45, 7) is 1.77. The highest BCUT2D eigenvalue weighted by molar-refractivity contribution is 4.92. The van der Waals surface area contributed by atoms with Gasteiger partial charge in [0.05, 0.1) is 6.61 Å². The lowest BCUT2D eigenvalue weighted by Gasteiger charge is -2.20. The predicted molar refractivity (Wildman–Crippen MR) is 56.9 cm³/mol. The minimum Gasteiger partial charge on any atom is -0.395 e. The fourth-order valence-corrected chi connectivity index (χ4v) is 2.29. The van der Waals surface area contributed by atoms with Crippen molar-refractivity contribution in [3.05, 3.63) is 0 Å². The first-order chi connectivity index (χ1) is 6.85. The lowest BCUT2D eigenvalue weighted by atomic mass is 9.97. The highest BCUT2D eigenvalue weighted by atomic mass is 16.3. The smallest absolute Gasteiger partial charge is 0.0597 e. The van der Waals surface area contributed by atoms with Crippen molar-refractivity contribution in [2.24, 2.45) is 23.5 Å². The van der Waals surface area contributed by atoms with E-state index in [9.17, 15) is 0 Å². The van der Waals surface area contributed by atoms with Crippen LogP contribution in [-0.4, -0.2) is 30.8 Å². The molecule has 4 N–H and O–H groups in total. The van der Waals surface area contributed by atoms with Crippen LogP contribution in [0.2, 0.25) is 0 Å². The average Bonchev–Trinajstić information content (AvgIpc) is 3.03. The maximum absolute atomic E-state index is 9.00. The molecule has 1 unspecified atom stereocenters. The van der Waals surface area contributed by atoms with Crippen molar-refractivity contribution in [1.29, 1.82) is 0 Å². The van der Waals surface area contributed by atoms with E-state index in [4.69, 9.17) is 10.8 Å². The summed E-state index contributed by atoms with van der Waals surface area (Å²) in [4.78, 5) is 0. The third-order valence-corrected chi connectivity index (χ3v) is 3.60. The predicted octanol–water partition coefficient (Wildman–Crippen LogP) is 0.332. The second-order valence-corrected chi connectivity index (χ2v) is 4.86. The van der Waals surface area contributed by atoms with Crippen molar-refractivity contribution in [3.8, 4) is 0 Å². The van der Waals surface area contributed by atoms with E-state index in [1.807, 2.05) is 0 Å². The highest BCUT2D eigenvalue weighted by Crippen LogP contribution is 2.48. The zero-order valence-electron chi connectivity index (χ0n) is 8.78. The maximum Gasteiger partial charge on any atom is 0.0597 e. The van der Waals surface area contributed by atoms with Gasteiger partial charge in [-0.25, -0.2) is 0 Å². The molecular formula is C11H22N2O. The zero-order valence-corrected chi connectivity index (χ0v) is 8.78. The zero-order chi connectivity index (χ0) is 9.97. The van der Waals surface area contributed by atoms with E-state index in [0.29, 0.717) is 6.54 Å². The first-order valence-electron chi connectivity index (χ1n) is 5.89. The summed E-state index contributed by atoms with van der Waals surface area (Å²) in [5.74, 6) is 2.83. The van der Waals surface area contributed by atoms with Crippen LogP contribution >= 0.6 is 0 Å². The first-order valence-corrected chi connectivity index (χ1v) is 5.89. The Bertz CT molecular complexity index is 162. The Kier molecular flexibility index (Phi) is 3.42. The van der Waals surface area contributed by atoms with Gasteiger partial charge in [-0.15, -0.1) is 0 Å². The number of nitrogens with two attached hydrogens (primary N) is 1. The van der Waals surface area contributed by atoms with Gasteiger partial charge in [-0.3, -0.25) is 0 Å². The molecule has 0 spiro atoms. The van der Waals surface area contributed by atoms with Crippen LogP contribution in [0.5, 0.6) is 0 Å². The van der Waals surface area contributed by atoms with Crippen LogP contribution in [0.15, 0.2) is 0 Å². The van der Waals surface area contributed by atoms with Crippen molar-refractivity contribution in [1.82, 2.24) is 5.32 Å². The third kappa shape index (κ3) is 2.69. The van der Waals surface area contributed by atoms with Crippen LogP contribution in [-0.2, 0) is 0 Å². The summed E-state index contributed by atoms with van der Waals surface area (Å²) in [7, 11) is 0. The fourth-order valence-electron chi connectivity index (χ4n) is 2.29. The molecule has 0 saturated heterocycles. The van der Waals surface area contributed by atoms with Gasteiger partial charge in [0.25, 0.3) is 0 Å². The molecule has 2 aliphatic carbocycles. The maximum atomic E-state index is 9.00. The standard InChI is InChI=1S/C11H22N2O/c12-5-10(7-14)13-6-11(8-1-2-8)9-3-4-9/h8-11,13-14H,1-7,12H2. The van der Waals surface area contributed by atoms with Crippen LogP contribution in [0, 0.1) is 17.8 Å². The Morgan fingerprint density at radius 1 is 1.21 bits per heavy atom. The largest absolute Gasteiger partial charge is 0.395 e. The van der Waals surface area contributed by atoms with Crippen molar-refractivity contribution >= 4 is 0 Å². The van der Waals surface area contributed by atoms with E-state index in [1.165, 1.54) is 25.7 Å². The summed E-state index contributed by atoms with van der Waals surface area (Å²) in [6, 6.07) is 0.106. The van der Waals surface area contributed by atoms with Crippen LogP contribution < -0.4 is 11.1 Å². The summed E-state index contributed by atoms with van der Waals surface area (Å²) >= 11 is 0. The molecule has 0 aliphatic heterocycles. The van der Waals surface area contributed by atoms with Crippen LogP contribution in [0.4, 0.5) is 0 Å². The molecule has 14 heavy (non-hydrogen) atoms. The summed E-state index contributed by atoms with van der Waals surface area (Å²) in [5, 5.41) is 12.4. The average molecular weight is 198 g/mol. The molecular weight excluding hydrogens is 176 g/mol. The monoisotopic (exact) mass is 198 g/mol. The summed E-state index contributed by atoms with van der Waals surface area (Å²) in [5.41, 5.74) is 5.53. The molecule has 82 valence electrons. The molecule has 0 bridgehead atoms. The van der Waals surface area contributed by atoms with Crippen molar-refractivity contribution in [2.45, 2.75) is 31.7 Å². The topological polar surface area (TPSA) is 58.3 Å². The quantitative estimate of drug-likeness (QED) is 0.552. The van der Waals surface area contributed by atoms with Gasteiger partial charge in [0, 0.05) is 12.6 Å². The van der Waals surface area contributed by atoms with Gasteiger partial charge >= 0.3 is 0 Å². The van der Waals surface area contributed by atoms with Gasteiger partial charge < -0.3 is 16.2 Å². The van der Waals surface area contributed by atoms with Crippen molar-refractivity contribution < 1.29 is 5.11 Å². The first kappa shape index (κ1) is 10.4. The molecule has 1 atom stereocenters. The SMILES string of the molecule is NCC(CO)NCC(C1CC1)C1CC1. The van der Waals surface area contributed by atoms with Gasteiger partial charge in [-0.05, 0) is 50.0 Å². The molecule has 0 radical (unpaired) electrons. The van der Waals surface area contributed by atoms with E-state index in [1.54, 1.807) is 0 Å². The highest BCUT2D eigenvalue weighted by Gasteiger charge is 2.41. The second-order valence-electron chi connectivity index (χ2n) is 4.86. The Labute approximate surface area is 86.1 Å². The molecule has 2 saturated carbocycles. The Hall–Kier alpha value is -0.120. The summed E-state index contributed by atoms with van der Waals surface area (Å²) in [6.07, 6.45) is 5.70. The van der Waals surface area contributed by atoms with E-state index in [-0.39, 0.29) is 12.6 Å². The molecule has 2 aliphatic rings. The third-order valence-electron chi connectivity index (χ3n) is 3.60. The van der Waals surface area contributed by atoms with Gasteiger partial charge in [0.2, 0.25) is 0 Å². The van der Waals surface area contributed by atoms with E-state index < -0.39 is 0 Å². The molecule has 2 fully saturated rings. The van der Waals surface area contributed by atoms with Gasteiger partial charge in [0.15, 0.2) is 0 Å². The van der Waals surface area contributed by atoms with Gasteiger partial charge in [-0.1, -0.05) is 0 Å². The Morgan fingerprint density at radius 3 is 2.14 bits per heavy atom. The number of hydrogen-bond donors (Lipinski definition) is 3. The Morgan fingerprint density at radius 2 is 1.79 bits per heavy atom. The minimum absolute atomic E-state index is 0.106. The van der Waals surface area contributed by atoms with E-state index in [2.05, 4.69) is 5.32 Å². The van der Waals surface area contributed by atoms with Crippen LogP contribution in [0.25, 0.3) is 0 Å². The fraction of sp³-hybridized carbons (Fsp3) is 1.00. The number of rotatable bonds is 7. The lowest BCUT2D eigenvalue weighted by Crippen LogP contribution is -2.42. The van der Waals surface area contributed by atoms with E-state index >= 15 is 0 Å². The molecule has 3 nitrogen and oxygen atoms in total. The number of aliphatic hydroxyl groups is 1. The molecule has 0 aromatic rings. The minimum atomic E-state index is 0.106. The molecule has 3 heteroatoms. The molecule has 0 aromatic heterocycles. The molecule has 0 amide bonds. The lowest BCUT2D eigenvalue weighted by molar-refractivity contribution is 0.233. The summed E-state index contributed by atoms with van der Waals surface area (Å²) < 4.78 is 0. The molecule has 0 aromatic carbocycles. The normalized spacial score (nSPS) is 24.2.